The normalized spacial score (nSPS) is 18.0. The Labute approximate surface area is 182 Å². The van der Waals surface area contributed by atoms with Crippen LogP contribution in [0.25, 0.3) is 12.2 Å². The van der Waals surface area contributed by atoms with E-state index < -0.39 is 0 Å². The summed E-state index contributed by atoms with van der Waals surface area (Å²) in [6.45, 7) is 1.17. The maximum Gasteiger partial charge on any atom is 0.187 e. The third-order valence-electron chi connectivity index (χ3n) is 4.51. The molecule has 0 amide bonds. The minimum Gasteiger partial charge on any atom is -0.496 e. The minimum atomic E-state index is 0.0437. The van der Waals surface area contributed by atoms with Gasteiger partial charge in [-0.3, -0.25) is 9.69 Å². The van der Waals surface area contributed by atoms with Crippen molar-refractivity contribution < 1.29 is 14.3 Å². The summed E-state index contributed by atoms with van der Waals surface area (Å²) in [7, 11) is 5.26. The number of hydrogen-bond acceptors (Lipinski definition) is 4. The molecule has 0 radical (unpaired) electrons. The van der Waals surface area contributed by atoms with Crippen molar-refractivity contribution in [1.82, 2.24) is 4.90 Å². The quantitative estimate of drug-likeness (QED) is 0.533. The summed E-state index contributed by atoms with van der Waals surface area (Å²) in [6, 6.07) is 11.5. The van der Waals surface area contributed by atoms with E-state index in [9.17, 15) is 4.79 Å². The summed E-state index contributed by atoms with van der Waals surface area (Å²) >= 11 is 6.97. The number of carbonyl (C=O) groups is 1. The lowest BCUT2D eigenvalue weighted by Gasteiger charge is -2.26. The van der Waals surface area contributed by atoms with Gasteiger partial charge in [0.1, 0.15) is 11.5 Å². The summed E-state index contributed by atoms with van der Waals surface area (Å²) in [5.41, 5.74) is 3.19. The van der Waals surface area contributed by atoms with Crippen LogP contribution in [0.1, 0.15) is 11.1 Å². The first-order valence-electron chi connectivity index (χ1n) is 8.72. The second-order valence-corrected chi connectivity index (χ2v) is 8.44. The van der Waals surface area contributed by atoms with Crippen molar-refractivity contribution in [2.75, 3.05) is 34.4 Å². The van der Waals surface area contributed by atoms with Crippen LogP contribution in [0.5, 0.6) is 11.5 Å². The van der Waals surface area contributed by atoms with E-state index in [0.717, 1.165) is 42.7 Å². The zero-order chi connectivity index (χ0) is 20.3. The minimum absolute atomic E-state index is 0.0437. The molecule has 146 valence electrons. The molecule has 1 aliphatic rings. The number of ether oxygens (including phenoxy) is 2. The molecule has 1 fully saturated rings. The Hall–Kier alpha value is -1.89. The van der Waals surface area contributed by atoms with Gasteiger partial charge in [0.25, 0.3) is 0 Å². The molecule has 2 aromatic rings. The molecule has 0 spiro atoms. The van der Waals surface area contributed by atoms with E-state index in [1.807, 2.05) is 55.6 Å². The van der Waals surface area contributed by atoms with Gasteiger partial charge in [-0.2, -0.15) is 0 Å². The van der Waals surface area contributed by atoms with E-state index in [4.69, 9.17) is 9.47 Å². The first kappa shape index (κ1) is 20.8. The van der Waals surface area contributed by atoms with E-state index in [1.165, 1.54) is 0 Å². The molecule has 6 heteroatoms. The predicted octanol–water partition coefficient (Wildman–Crippen LogP) is 5.21. The summed E-state index contributed by atoms with van der Waals surface area (Å²) in [5.74, 6) is 1.51. The maximum absolute atomic E-state index is 13.2. The van der Waals surface area contributed by atoms with E-state index in [-0.39, 0.29) is 5.78 Å². The topological polar surface area (TPSA) is 38.8 Å². The van der Waals surface area contributed by atoms with Gasteiger partial charge < -0.3 is 9.47 Å². The van der Waals surface area contributed by atoms with Gasteiger partial charge in [-0.15, -0.1) is 0 Å². The SMILES string of the molecule is COc1ccc(Br)cc1C=C1CN(C)CC(=Cc2cc(Br)ccc2OC)C1=O. The van der Waals surface area contributed by atoms with E-state index in [1.54, 1.807) is 14.2 Å². The molecule has 0 unspecified atom stereocenters. The predicted molar refractivity (Wildman–Crippen MR) is 120 cm³/mol. The van der Waals surface area contributed by atoms with Gasteiger partial charge in [-0.1, -0.05) is 31.9 Å². The molecule has 0 N–H and O–H groups in total. The van der Waals surface area contributed by atoms with Gasteiger partial charge in [0.15, 0.2) is 5.78 Å². The summed E-state index contributed by atoms with van der Waals surface area (Å²) in [4.78, 5) is 15.3. The molecule has 1 aliphatic heterocycles. The van der Waals surface area contributed by atoms with Crippen LogP contribution >= 0.6 is 31.9 Å². The highest BCUT2D eigenvalue weighted by Gasteiger charge is 2.24. The largest absolute Gasteiger partial charge is 0.496 e. The van der Waals surface area contributed by atoms with Crippen LogP contribution in [0.15, 0.2) is 56.5 Å². The number of ketones is 1. The Kier molecular flexibility index (Phi) is 6.75. The van der Waals surface area contributed by atoms with Crippen molar-refractivity contribution in [1.29, 1.82) is 0 Å². The number of benzene rings is 2. The number of methoxy groups -OCH3 is 2. The van der Waals surface area contributed by atoms with Gasteiger partial charge in [0.05, 0.1) is 14.2 Å². The van der Waals surface area contributed by atoms with Crippen molar-refractivity contribution >= 4 is 49.8 Å². The number of carbonyl (C=O) groups excluding carboxylic acids is 1. The number of halogens is 2. The lowest BCUT2D eigenvalue weighted by molar-refractivity contribution is -0.113. The van der Waals surface area contributed by atoms with Gasteiger partial charge in [0.2, 0.25) is 0 Å². The van der Waals surface area contributed by atoms with Crippen molar-refractivity contribution in [2.24, 2.45) is 0 Å². The lowest BCUT2D eigenvalue weighted by atomic mass is 9.94. The van der Waals surface area contributed by atoms with E-state index in [0.29, 0.717) is 13.1 Å². The maximum atomic E-state index is 13.2. The van der Waals surface area contributed by atoms with Crippen molar-refractivity contribution in [2.45, 2.75) is 0 Å². The number of likely N-dealkylation sites (tertiary alicyclic amines) is 1. The summed E-state index contributed by atoms with van der Waals surface area (Å²) < 4.78 is 12.8. The standard InChI is InChI=1S/C22H21Br2NO3/c1-25-12-16(8-14-10-18(23)4-6-20(14)27-2)22(26)17(13-25)9-15-11-19(24)5-7-21(15)28-3/h4-11H,12-13H2,1-3H3. The van der Waals surface area contributed by atoms with Crippen LogP contribution in [-0.2, 0) is 4.79 Å². The molecular weight excluding hydrogens is 486 g/mol. The number of nitrogens with zero attached hydrogens (tertiary/aromatic N) is 1. The van der Waals surface area contributed by atoms with E-state index >= 15 is 0 Å². The smallest absolute Gasteiger partial charge is 0.187 e. The molecule has 4 nitrogen and oxygen atoms in total. The fourth-order valence-corrected chi connectivity index (χ4v) is 3.98. The summed E-state index contributed by atoms with van der Waals surface area (Å²) in [6.07, 6.45) is 3.82. The van der Waals surface area contributed by atoms with Gasteiger partial charge in [-0.05, 0) is 55.6 Å². The molecule has 28 heavy (non-hydrogen) atoms. The number of rotatable bonds is 4. The first-order valence-corrected chi connectivity index (χ1v) is 10.3. The molecule has 1 saturated heterocycles. The van der Waals surface area contributed by atoms with Gasteiger partial charge in [-0.25, -0.2) is 0 Å². The monoisotopic (exact) mass is 505 g/mol. The average molecular weight is 507 g/mol. The second-order valence-electron chi connectivity index (χ2n) is 6.61. The fraction of sp³-hybridized carbons (Fsp3) is 0.227. The molecule has 0 atom stereocenters. The third-order valence-corrected chi connectivity index (χ3v) is 5.49. The molecule has 2 aromatic carbocycles. The molecule has 3 rings (SSSR count). The molecule has 1 heterocycles. The average Bonchev–Trinajstić information content (AvgIpc) is 2.66. The summed E-state index contributed by atoms with van der Waals surface area (Å²) in [5, 5.41) is 0. The van der Waals surface area contributed by atoms with Crippen LogP contribution in [0, 0.1) is 0 Å². The van der Waals surface area contributed by atoms with E-state index in [2.05, 4.69) is 36.8 Å². The fourth-order valence-electron chi connectivity index (χ4n) is 3.22. The first-order chi connectivity index (χ1) is 13.4. The Bertz CT molecular complexity index is 891. The third kappa shape index (κ3) is 4.74. The number of piperidine rings is 1. The molecule has 0 aliphatic carbocycles. The Morgan fingerprint density at radius 2 is 1.29 bits per heavy atom. The highest BCUT2D eigenvalue weighted by molar-refractivity contribution is 9.10. The number of hydrogen-bond donors (Lipinski definition) is 0. The number of Topliss-reactive ketones (excluding diaryl/α,β-unsaturated/α-hetero) is 1. The molecule has 0 saturated carbocycles. The van der Waals surface area contributed by atoms with Crippen molar-refractivity contribution in [3.63, 3.8) is 0 Å². The molecule has 0 bridgehead atoms. The Balaban J connectivity index is 2.02. The van der Waals surface area contributed by atoms with Gasteiger partial charge in [0, 0.05) is 44.3 Å². The highest BCUT2D eigenvalue weighted by Crippen LogP contribution is 2.30. The second kappa shape index (κ2) is 9.07. The Morgan fingerprint density at radius 3 is 1.68 bits per heavy atom. The lowest BCUT2D eigenvalue weighted by Crippen LogP contribution is -2.34. The van der Waals surface area contributed by atoms with Crippen LogP contribution in [-0.4, -0.2) is 45.0 Å². The molecular formula is C22H21Br2NO3. The van der Waals surface area contributed by atoms with Gasteiger partial charge >= 0.3 is 0 Å². The Morgan fingerprint density at radius 1 is 0.857 bits per heavy atom. The zero-order valence-electron chi connectivity index (χ0n) is 16.0. The van der Waals surface area contributed by atoms with Crippen LogP contribution in [0.2, 0.25) is 0 Å². The van der Waals surface area contributed by atoms with Crippen LogP contribution in [0.4, 0.5) is 0 Å². The number of likely N-dealkylation sites (N-methyl/N-ethyl adjacent to an activating group) is 1. The van der Waals surface area contributed by atoms with Crippen LogP contribution < -0.4 is 9.47 Å². The van der Waals surface area contributed by atoms with Crippen molar-refractivity contribution in [3.8, 4) is 11.5 Å². The van der Waals surface area contributed by atoms with Crippen molar-refractivity contribution in [3.05, 3.63) is 67.6 Å². The van der Waals surface area contributed by atoms with Crippen LogP contribution in [0.3, 0.4) is 0 Å². The highest BCUT2D eigenvalue weighted by atomic mass is 79.9. The molecule has 0 aromatic heterocycles. The zero-order valence-corrected chi connectivity index (χ0v) is 19.1.